The fourth-order valence-electron chi connectivity index (χ4n) is 10.6. The van der Waals surface area contributed by atoms with Crippen molar-refractivity contribution in [1.29, 1.82) is 0 Å². The van der Waals surface area contributed by atoms with Gasteiger partial charge in [0.1, 0.15) is 5.75 Å². The molecular weight excluding hydrogens is 460 g/mol. The smallest absolute Gasteiger partial charge is 0.116 e. The van der Waals surface area contributed by atoms with Crippen molar-refractivity contribution in [3.05, 3.63) is 76.4 Å². The highest BCUT2D eigenvalue weighted by molar-refractivity contribution is 5.70. The lowest BCUT2D eigenvalue weighted by Crippen LogP contribution is -2.40. The molecule has 8 fully saturated rings. The number of aromatic hydroxyl groups is 1. The molecule has 0 amide bonds. The molecule has 0 saturated heterocycles. The van der Waals surface area contributed by atoms with E-state index in [0.29, 0.717) is 5.75 Å². The maximum Gasteiger partial charge on any atom is 0.116 e. The quantitative estimate of drug-likeness (QED) is 0.430. The minimum absolute atomic E-state index is 0.390. The highest BCUT2D eigenvalue weighted by atomic mass is 16.3. The molecule has 38 heavy (non-hydrogen) atoms. The second-order valence-electron chi connectivity index (χ2n) is 14.2. The van der Waals surface area contributed by atoms with Crippen molar-refractivity contribution in [1.82, 2.24) is 0 Å². The van der Waals surface area contributed by atoms with Crippen molar-refractivity contribution in [2.45, 2.75) is 85.0 Å². The summed E-state index contributed by atoms with van der Waals surface area (Å²) < 4.78 is 0. The Balaban J connectivity index is 0.000000127. The van der Waals surface area contributed by atoms with Crippen LogP contribution in [0.2, 0.25) is 0 Å². The molecule has 1 heteroatoms. The molecule has 1 N–H and O–H groups in total. The molecule has 2 aromatic carbocycles. The van der Waals surface area contributed by atoms with Crippen molar-refractivity contribution >= 4 is 11.1 Å². The van der Waals surface area contributed by atoms with Crippen LogP contribution in [0.3, 0.4) is 0 Å². The molecule has 8 saturated carbocycles. The van der Waals surface area contributed by atoms with E-state index < -0.39 is 0 Å². The van der Waals surface area contributed by atoms with Gasteiger partial charge in [0.15, 0.2) is 0 Å². The maximum absolute atomic E-state index is 9.69. The van der Waals surface area contributed by atoms with Gasteiger partial charge in [-0.3, -0.25) is 0 Å². The topological polar surface area (TPSA) is 20.2 Å². The Morgan fingerprint density at radius 2 is 0.947 bits per heavy atom. The van der Waals surface area contributed by atoms with E-state index in [1.165, 1.54) is 80.1 Å². The fraction of sp³-hybridized carbons (Fsp3) is 0.568. The summed E-state index contributed by atoms with van der Waals surface area (Å²) in [4.78, 5) is 0. The molecule has 8 aliphatic rings. The van der Waals surface area contributed by atoms with Gasteiger partial charge in [-0.25, -0.2) is 0 Å². The Morgan fingerprint density at radius 3 is 1.34 bits per heavy atom. The van der Waals surface area contributed by atoms with Crippen molar-refractivity contribution in [2.75, 3.05) is 0 Å². The molecule has 0 atom stereocenters. The molecule has 0 heterocycles. The number of phenolic OH excluding ortho intramolecular Hbond substituents is 1. The predicted octanol–water partition coefficient (Wildman–Crippen LogP) is 9.85. The average molecular weight is 507 g/mol. The fourth-order valence-corrected chi connectivity index (χ4v) is 10.6. The highest BCUT2D eigenvalue weighted by Gasteiger charge is 2.46. The van der Waals surface area contributed by atoms with Crippen molar-refractivity contribution in [3.63, 3.8) is 0 Å². The van der Waals surface area contributed by atoms with Crippen LogP contribution in [-0.2, 0) is 0 Å². The largest absolute Gasteiger partial charge is 0.508 e. The standard InChI is InChI=1S/C19H24.C18H22O/c1-12-4-3-5-16(6-12)13(2)19-17-8-14-7-15(10-17)11-18(19)9-14;1-11(14-3-2-4-17(19)10-14)18-15-6-12-5-13(8-15)9-16(18)7-12/h3-6,14-15,17-18H,7-11H2,1-2H3;2-4,10,12-13,15-16,19H,5-9H2,1H3. The van der Waals surface area contributed by atoms with Gasteiger partial charge in [-0.2, -0.15) is 0 Å². The molecule has 2 aromatic rings. The summed E-state index contributed by atoms with van der Waals surface area (Å²) in [7, 11) is 0. The monoisotopic (exact) mass is 506 g/mol. The third kappa shape index (κ3) is 4.48. The summed E-state index contributed by atoms with van der Waals surface area (Å²) in [6, 6.07) is 16.9. The first-order valence-corrected chi connectivity index (χ1v) is 15.7. The SMILES string of the molecule is CC(=C1C2CC3CC(C2)CC1C3)c1cccc(C)c1.CC(=C1C2CC3CC(C2)CC1C3)c1cccc(O)c1. The molecule has 8 bridgehead atoms. The Kier molecular flexibility index (Phi) is 6.33. The van der Waals surface area contributed by atoms with Gasteiger partial charge in [-0.05, 0) is 167 Å². The summed E-state index contributed by atoms with van der Waals surface area (Å²) >= 11 is 0. The summed E-state index contributed by atoms with van der Waals surface area (Å²) in [5.41, 5.74) is 10.7. The first-order valence-electron chi connectivity index (χ1n) is 15.7. The van der Waals surface area contributed by atoms with E-state index in [4.69, 9.17) is 0 Å². The second-order valence-corrected chi connectivity index (χ2v) is 14.2. The van der Waals surface area contributed by atoms with Crippen molar-refractivity contribution < 1.29 is 5.11 Å². The number of hydrogen-bond donors (Lipinski definition) is 1. The number of benzene rings is 2. The van der Waals surface area contributed by atoms with Gasteiger partial charge in [0.05, 0.1) is 0 Å². The van der Waals surface area contributed by atoms with Crippen molar-refractivity contribution in [3.8, 4) is 5.75 Å². The summed E-state index contributed by atoms with van der Waals surface area (Å²) in [5.74, 6) is 8.10. The van der Waals surface area contributed by atoms with Crippen molar-refractivity contribution in [2.24, 2.45) is 47.3 Å². The first-order chi connectivity index (χ1) is 18.4. The lowest BCUT2D eigenvalue weighted by Gasteiger charge is -2.52. The lowest BCUT2D eigenvalue weighted by atomic mass is 9.53. The Labute approximate surface area is 230 Å². The van der Waals surface area contributed by atoms with E-state index in [9.17, 15) is 5.11 Å². The van der Waals surface area contributed by atoms with Gasteiger partial charge in [-0.15, -0.1) is 0 Å². The maximum atomic E-state index is 9.69. The van der Waals surface area contributed by atoms with Gasteiger partial charge in [0, 0.05) is 0 Å². The van der Waals surface area contributed by atoms with Gasteiger partial charge >= 0.3 is 0 Å². The van der Waals surface area contributed by atoms with Crippen LogP contribution < -0.4 is 0 Å². The molecule has 8 aliphatic carbocycles. The number of rotatable bonds is 2. The number of aryl methyl sites for hydroxylation is 1. The van der Waals surface area contributed by atoms with Crippen LogP contribution in [0, 0.1) is 54.3 Å². The molecule has 10 rings (SSSR count). The van der Waals surface area contributed by atoms with E-state index in [0.717, 1.165) is 47.3 Å². The van der Waals surface area contributed by atoms with E-state index in [2.05, 4.69) is 51.1 Å². The average Bonchev–Trinajstić information content (AvgIpc) is 2.88. The molecule has 0 aromatic heterocycles. The van der Waals surface area contributed by atoms with Gasteiger partial charge < -0.3 is 5.11 Å². The molecule has 0 spiro atoms. The molecular formula is C37H46O. The third-order valence-electron chi connectivity index (χ3n) is 11.6. The van der Waals surface area contributed by atoms with Crippen LogP contribution in [0.25, 0.3) is 11.1 Å². The zero-order valence-electron chi connectivity index (χ0n) is 23.8. The highest BCUT2D eigenvalue weighted by Crippen LogP contribution is 2.59. The number of phenols is 1. The summed E-state index contributed by atoms with van der Waals surface area (Å²) in [6.45, 7) is 6.86. The zero-order valence-corrected chi connectivity index (χ0v) is 23.8. The minimum atomic E-state index is 0.390. The summed E-state index contributed by atoms with van der Waals surface area (Å²) in [6.07, 6.45) is 14.7. The third-order valence-corrected chi connectivity index (χ3v) is 11.6. The van der Waals surface area contributed by atoms with Crippen LogP contribution in [0.1, 0.15) is 94.7 Å². The van der Waals surface area contributed by atoms with E-state index in [1.54, 1.807) is 23.6 Å². The van der Waals surface area contributed by atoms with Crippen LogP contribution in [0.15, 0.2) is 59.7 Å². The molecule has 0 aliphatic heterocycles. The number of allylic oxidation sites excluding steroid dienone is 4. The zero-order chi connectivity index (χ0) is 26.0. The second kappa shape index (κ2) is 9.72. The van der Waals surface area contributed by atoms with E-state index >= 15 is 0 Å². The van der Waals surface area contributed by atoms with Crippen LogP contribution >= 0.6 is 0 Å². The Bertz CT molecular complexity index is 1120. The molecule has 1 nitrogen and oxygen atoms in total. The van der Waals surface area contributed by atoms with Gasteiger partial charge in [0.25, 0.3) is 0 Å². The Hall–Kier alpha value is -2.28. The Morgan fingerprint density at radius 1 is 0.553 bits per heavy atom. The minimum Gasteiger partial charge on any atom is -0.508 e. The van der Waals surface area contributed by atoms with Crippen LogP contribution in [0.4, 0.5) is 0 Å². The molecule has 0 radical (unpaired) electrons. The summed E-state index contributed by atoms with van der Waals surface area (Å²) in [5, 5.41) is 9.69. The van der Waals surface area contributed by atoms with Crippen LogP contribution in [-0.4, -0.2) is 5.11 Å². The van der Waals surface area contributed by atoms with Gasteiger partial charge in [-0.1, -0.05) is 53.1 Å². The van der Waals surface area contributed by atoms with Crippen LogP contribution in [0.5, 0.6) is 5.75 Å². The van der Waals surface area contributed by atoms with E-state index in [1.807, 2.05) is 17.7 Å². The lowest BCUT2D eigenvalue weighted by molar-refractivity contribution is 0.0703. The molecule has 0 unspecified atom stereocenters. The van der Waals surface area contributed by atoms with Gasteiger partial charge in [0.2, 0.25) is 0 Å². The predicted molar refractivity (Wildman–Crippen MR) is 159 cm³/mol. The normalized spacial score (nSPS) is 35.8. The van der Waals surface area contributed by atoms with E-state index in [-0.39, 0.29) is 0 Å². The number of hydrogen-bond acceptors (Lipinski definition) is 1. The first kappa shape index (κ1) is 24.7. The molecule has 200 valence electrons.